The summed E-state index contributed by atoms with van der Waals surface area (Å²) in [7, 11) is 0. The number of rotatable bonds is 5. The number of imide groups is 1. The maximum atomic E-state index is 12.8. The Bertz CT molecular complexity index is 1050. The zero-order valence-electron chi connectivity index (χ0n) is 14.7. The van der Waals surface area contributed by atoms with Crippen LogP contribution in [0, 0.1) is 10.1 Å². The third-order valence-corrected chi connectivity index (χ3v) is 4.60. The van der Waals surface area contributed by atoms with Crippen molar-refractivity contribution in [3.63, 3.8) is 0 Å². The lowest BCUT2D eigenvalue weighted by molar-refractivity contribution is -0.384. The Morgan fingerprint density at radius 1 is 0.786 bits per heavy atom. The molecular formula is C21H15N3O4. The molecule has 1 heterocycles. The summed E-state index contributed by atoms with van der Waals surface area (Å²) in [5, 5.41) is 11.5. The summed E-state index contributed by atoms with van der Waals surface area (Å²) in [6.07, 6.45) is 0. The summed E-state index contributed by atoms with van der Waals surface area (Å²) in [6, 6.07) is 21.8. The van der Waals surface area contributed by atoms with Gasteiger partial charge in [-0.05, 0) is 30.3 Å². The number of hydrogen-bond acceptors (Lipinski definition) is 5. The monoisotopic (exact) mass is 373 g/mol. The smallest absolute Gasteiger partial charge is 0.292 e. The maximum Gasteiger partial charge on any atom is 0.292 e. The fraction of sp³-hybridized carbons (Fsp3) is 0.0476. The Labute approximate surface area is 160 Å². The minimum absolute atomic E-state index is 0.108. The van der Waals surface area contributed by atoms with Crippen molar-refractivity contribution in [1.82, 2.24) is 4.90 Å². The molecule has 1 aliphatic rings. The van der Waals surface area contributed by atoms with Gasteiger partial charge in [-0.25, -0.2) is 0 Å². The molecule has 0 aliphatic carbocycles. The van der Waals surface area contributed by atoms with Crippen LogP contribution in [-0.4, -0.2) is 28.3 Å². The number of nitro benzene ring substituents is 1. The first-order chi connectivity index (χ1) is 13.6. The summed E-state index contributed by atoms with van der Waals surface area (Å²) in [5.41, 5.74) is 1.50. The van der Waals surface area contributed by atoms with Crippen LogP contribution in [-0.2, 0) is 0 Å². The van der Waals surface area contributed by atoms with Crippen molar-refractivity contribution >= 4 is 28.9 Å². The molecule has 0 radical (unpaired) electrons. The van der Waals surface area contributed by atoms with E-state index in [-0.39, 0.29) is 12.4 Å². The van der Waals surface area contributed by atoms with Crippen molar-refractivity contribution in [3.8, 4) is 0 Å². The molecule has 0 spiro atoms. The first kappa shape index (κ1) is 17.4. The molecule has 2 amide bonds. The minimum atomic E-state index is -0.479. The van der Waals surface area contributed by atoms with Gasteiger partial charge in [-0.2, -0.15) is 0 Å². The van der Waals surface area contributed by atoms with E-state index in [0.717, 1.165) is 4.90 Å². The lowest BCUT2D eigenvalue weighted by Gasteiger charge is -2.28. The molecule has 3 aromatic rings. The van der Waals surface area contributed by atoms with E-state index in [1.807, 2.05) is 6.07 Å². The topological polar surface area (TPSA) is 83.8 Å². The average Bonchev–Trinajstić information content (AvgIpc) is 2.97. The van der Waals surface area contributed by atoms with E-state index in [0.29, 0.717) is 22.5 Å². The third kappa shape index (κ3) is 2.88. The highest BCUT2D eigenvalue weighted by molar-refractivity contribution is 6.21. The van der Waals surface area contributed by atoms with Gasteiger partial charge in [-0.15, -0.1) is 0 Å². The zero-order chi connectivity index (χ0) is 19.7. The number of nitrogens with zero attached hydrogens (tertiary/aromatic N) is 3. The van der Waals surface area contributed by atoms with Gasteiger partial charge in [0.15, 0.2) is 0 Å². The second-order valence-electron chi connectivity index (χ2n) is 6.23. The van der Waals surface area contributed by atoms with Gasteiger partial charge in [0.2, 0.25) is 0 Å². The summed E-state index contributed by atoms with van der Waals surface area (Å²) in [4.78, 5) is 39.3. The average molecular weight is 373 g/mol. The molecule has 0 unspecified atom stereocenters. The first-order valence-electron chi connectivity index (χ1n) is 8.59. The Morgan fingerprint density at radius 2 is 1.32 bits per heavy atom. The van der Waals surface area contributed by atoms with Crippen LogP contribution in [0.2, 0.25) is 0 Å². The molecule has 7 heteroatoms. The van der Waals surface area contributed by atoms with E-state index in [9.17, 15) is 19.7 Å². The molecule has 28 heavy (non-hydrogen) atoms. The minimum Gasteiger partial charge on any atom is -0.317 e. The highest BCUT2D eigenvalue weighted by Crippen LogP contribution is 2.34. The number of nitro groups is 1. The molecule has 4 rings (SSSR count). The van der Waals surface area contributed by atoms with Crippen molar-refractivity contribution in [2.24, 2.45) is 0 Å². The molecule has 7 nitrogen and oxygen atoms in total. The largest absolute Gasteiger partial charge is 0.317 e. The molecule has 0 aromatic heterocycles. The van der Waals surface area contributed by atoms with Crippen molar-refractivity contribution in [1.29, 1.82) is 0 Å². The summed E-state index contributed by atoms with van der Waals surface area (Å²) < 4.78 is 0. The Morgan fingerprint density at radius 3 is 1.93 bits per heavy atom. The van der Waals surface area contributed by atoms with Crippen LogP contribution in [0.5, 0.6) is 0 Å². The molecular weight excluding hydrogens is 358 g/mol. The van der Waals surface area contributed by atoms with Crippen molar-refractivity contribution in [2.45, 2.75) is 0 Å². The van der Waals surface area contributed by atoms with Crippen LogP contribution in [0.25, 0.3) is 0 Å². The van der Waals surface area contributed by atoms with E-state index in [4.69, 9.17) is 0 Å². The van der Waals surface area contributed by atoms with Crippen molar-refractivity contribution in [3.05, 3.63) is 100 Å². The fourth-order valence-electron chi connectivity index (χ4n) is 3.26. The number of fused-ring (bicyclic) bond motifs is 1. The molecule has 138 valence electrons. The van der Waals surface area contributed by atoms with Crippen LogP contribution in [0.4, 0.5) is 17.1 Å². The van der Waals surface area contributed by atoms with Crippen LogP contribution in [0.1, 0.15) is 20.7 Å². The standard InChI is InChI=1S/C21H15N3O4/c25-20-16-10-4-5-11-17(16)21(26)23(20)14-22(15-8-2-1-3-9-15)18-12-6-7-13-19(18)24(27)28/h1-13H,14H2. The Kier molecular flexibility index (Phi) is 4.33. The van der Waals surface area contributed by atoms with Gasteiger partial charge in [0.25, 0.3) is 17.5 Å². The molecule has 0 bridgehead atoms. The fourth-order valence-corrected chi connectivity index (χ4v) is 3.26. The third-order valence-electron chi connectivity index (χ3n) is 4.60. The molecule has 0 saturated heterocycles. The highest BCUT2D eigenvalue weighted by atomic mass is 16.6. The zero-order valence-corrected chi connectivity index (χ0v) is 14.7. The number of carbonyl (C=O) groups excluding carboxylic acids is 2. The Balaban J connectivity index is 1.78. The van der Waals surface area contributed by atoms with Gasteiger partial charge in [0.1, 0.15) is 12.4 Å². The number of carbonyl (C=O) groups is 2. The summed E-state index contributed by atoms with van der Waals surface area (Å²) in [6.45, 7) is -0.138. The van der Waals surface area contributed by atoms with E-state index < -0.39 is 16.7 Å². The van der Waals surface area contributed by atoms with Crippen LogP contribution < -0.4 is 4.90 Å². The Hall–Kier alpha value is -4.00. The van der Waals surface area contributed by atoms with Gasteiger partial charge in [0, 0.05) is 11.8 Å². The molecule has 0 saturated carbocycles. The molecule has 0 atom stereocenters. The lowest BCUT2D eigenvalue weighted by atomic mass is 10.1. The van der Waals surface area contributed by atoms with Gasteiger partial charge in [0.05, 0.1) is 16.1 Å². The number of anilines is 2. The van der Waals surface area contributed by atoms with Crippen molar-refractivity contribution in [2.75, 3.05) is 11.6 Å². The SMILES string of the molecule is O=C1c2ccccc2C(=O)N1CN(c1ccccc1)c1ccccc1[N+](=O)[O-]. The van der Waals surface area contributed by atoms with Crippen LogP contribution in [0.3, 0.4) is 0 Å². The normalized spacial score (nSPS) is 12.8. The molecule has 0 fully saturated rings. The first-order valence-corrected chi connectivity index (χ1v) is 8.59. The van der Waals surface area contributed by atoms with E-state index in [2.05, 4.69) is 0 Å². The maximum absolute atomic E-state index is 12.8. The number of hydrogen-bond donors (Lipinski definition) is 0. The van der Waals surface area contributed by atoms with Gasteiger partial charge < -0.3 is 4.90 Å². The highest BCUT2D eigenvalue weighted by Gasteiger charge is 2.37. The molecule has 3 aromatic carbocycles. The van der Waals surface area contributed by atoms with Gasteiger partial charge >= 0.3 is 0 Å². The van der Waals surface area contributed by atoms with E-state index >= 15 is 0 Å². The van der Waals surface area contributed by atoms with Crippen molar-refractivity contribution < 1.29 is 14.5 Å². The number of para-hydroxylation sites is 3. The summed E-state index contributed by atoms with van der Waals surface area (Å²) >= 11 is 0. The summed E-state index contributed by atoms with van der Waals surface area (Å²) in [5.74, 6) is -0.833. The van der Waals surface area contributed by atoms with E-state index in [1.165, 1.54) is 6.07 Å². The van der Waals surface area contributed by atoms with Crippen LogP contribution in [0.15, 0.2) is 78.9 Å². The lowest BCUT2D eigenvalue weighted by Crippen LogP contribution is -2.39. The van der Waals surface area contributed by atoms with Crippen LogP contribution >= 0.6 is 0 Å². The van der Waals surface area contributed by atoms with E-state index in [1.54, 1.807) is 71.6 Å². The quantitative estimate of drug-likeness (QED) is 0.384. The number of benzene rings is 3. The second-order valence-corrected chi connectivity index (χ2v) is 6.23. The molecule has 0 N–H and O–H groups in total. The predicted molar refractivity (Wildman–Crippen MR) is 103 cm³/mol. The van der Waals surface area contributed by atoms with Gasteiger partial charge in [-0.3, -0.25) is 24.6 Å². The number of amides is 2. The molecule has 1 aliphatic heterocycles. The second kappa shape index (κ2) is 6.96. The predicted octanol–water partition coefficient (Wildman–Crippen LogP) is 3.99. The van der Waals surface area contributed by atoms with Gasteiger partial charge in [-0.1, -0.05) is 42.5 Å².